The molecule has 2 aromatic rings. The van der Waals surface area contributed by atoms with Gasteiger partial charge in [0.15, 0.2) is 0 Å². The van der Waals surface area contributed by atoms with E-state index in [1.54, 1.807) is 18.2 Å². The minimum Gasteiger partial charge on any atom is -0.457 e. The number of hydrogen-bond acceptors (Lipinski definition) is 3. The van der Waals surface area contributed by atoms with Gasteiger partial charge in [0.25, 0.3) is 0 Å². The highest BCUT2D eigenvalue weighted by Crippen LogP contribution is 2.22. The molecule has 2 rings (SSSR count). The molecule has 2 aromatic carbocycles. The van der Waals surface area contributed by atoms with Crippen LogP contribution in [0, 0.1) is 0 Å². The van der Waals surface area contributed by atoms with Crippen LogP contribution in [0.2, 0.25) is 0 Å². The Morgan fingerprint density at radius 3 is 2.42 bits per heavy atom. The highest BCUT2D eigenvalue weighted by molar-refractivity contribution is 5.75. The largest absolute Gasteiger partial charge is 0.457 e. The van der Waals surface area contributed by atoms with Crippen molar-refractivity contribution in [3.8, 4) is 11.5 Å². The van der Waals surface area contributed by atoms with Crippen LogP contribution in [0.1, 0.15) is 15.9 Å². The Labute approximate surface area is 113 Å². The smallest absolute Gasteiger partial charge is 0.150 e. The standard InChI is InChI=1S/C16H17NO2/c1-17(2)11-13-6-8-15(9-7-13)19-16-5-3-4-14(10-16)12-18/h3-10,12H,11H2,1-2H3. The van der Waals surface area contributed by atoms with Crippen LogP contribution in [-0.2, 0) is 6.54 Å². The molecule has 0 saturated carbocycles. The van der Waals surface area contributed by atoms with E-state index in [0.29, 0.717) is 11.3 Å². The van der Waals surface area contributed by atoms with Gasteiger partial charge in [-0.05, 0) is 43.9 Å². The Morgan fingerprint density at radius 2 is 1.79 bits per heavy atom. The number of carbonyl (C=O) groups excluding carboxylic acids is 1. The third-order valence-electron chi connectivity index (χ3n) is 2.65. The SMILES string of the molecule is CN(C)Cc1ccc(Oc2cccc(C=O)c2)cc1. The van der Waals surface area contributed by atoms with E-state index in [0.717, 1.165) is 18.6 Å². The van der Waals surface area contributed by atoms with Crippen LogP contribution in [-0.4, -0.2) is 25.3 Å². The van der Waals surface area contributed by atoms with E-state index in [4.69, 9.17) is 4.74 Å². The molecule has 0 unspecified atom stereocenters. The maximum atomic E-state index is 10.7. The molecule has 0 N–H and O–H groups in total. The van der Waals surface area contributed by atoms with Gasteiger partial charge in [-0.1, -0.05) is 24.3 Å². The second-order valence-electron chi connectivity index (χ2n) is 4.67. The number of carbonyl (C=O) groups is 1. The van der Waals surface area contributed by atoms with Crippen molar-refractivity contribution < 1.29 is 9.53 Å². The molecule has 3 heteroatoms. The van der Waals surface area contributed by atoms with Gasteiger partial charge in [-0.15, -0.1) is 0 Å². The summed E-state index contributed by atoms with van der Waals surface area (Å²) in [5.41, 5.74) is 1.85. The zero-order valence-corrected chi connectivity index (χ0v) is 11.2. The van der Waals surface area contributed by atoms with Crippen molar-refractivity contribution in [1.29, 1.82) is 0 Å². The van der Waals surface area contributed by atoms with Crippen molar-refractivity contribution in [3.63, 3.8) is 0 Å². The Morgan fingerprint density at radius 1 is 1.05 bits per heavy atom. The lowest BCUT2D eigenvalue weighted by molar-refractivity contribution is 0.112. The second-order valence-corrected chi connectivity index (χ2v) is 4.67. The van der Waals surface area contributed by atoms with E-state index in [9.17, 15) is 4.79 Å². The van der Waals surface area contributed by atoms with Gasteiger partial charge in [0.05, 0.1) is 0 Å². The monoisotopic (exact) mass is 255 g/mol. The number of nitrogens with zero attached hydrogens (tertiary/aromatic N) is 1. The average molecular weight is 255 g/mol. The van der Waals surface area contributed by atoms with Gasteiger partial charge in [0.1, 0.15) is 17.8 Å². The molecule has 0 aliphatic carbocycles. The molecule has 0 aliphatic rings. The Bertz CT molecular complexity index is 547. The number of ether oxygens (including phenoxy) is 1. The minimum atomic E-state index is 0.613. The first-order valence-electron chi connectivity index (χ1n) is 6.14. The molecule has 0 bridgehead atoms. The first kappa shape index (κ1) is 13.3. The van der Waals surface area contributed by atoms with Gasteiger partial charge in [-0.2, -0.15) is 0 Å². The molecule has 3 nitrogen and oxygen atoms in total. The van der Waals surface area contributed by atoms with Gasteiger partial charge in [-0.25, -0.2) is 0 Å². The van der Waals surface area contributed by atoms with Gasteiger partial charge in [0.2, 0.25) is 0 Å². The Balaban J connectivity index is 2.08. The lowest BCUT2D eigenvalue weighted by Gasteiger charge is -2.10. The van der Waals surface area contributed by atoms with Gasteiger partial charge in [-0.3, -0.25) is 4.79 Å². The van der Waals surface area contributed by atoms with Crippen LogP contribution < -0.4 is 4.74 Å². The highest BCUT2D eigenvalue weighted by Gasteiger charge is 2.00. The molecular weight excluding hydrogens is 238 g/mol. The molecule has 0 aromatic heterocycles. The third kappa shape index (κ3) is 3.93. The zero-order chi connectivity index (χ0) is 13.7. The van der Waals surface area contributed by atoms with Crippen LogP contribution in [0.3, 0.4) is 0 Å². The minimum absolute atomic E-state index is 0.613. The lowest BCUT2D eigenvalue weighted by Crippen LogP contribution is -2.10. The quantitative estimate of drug-likeness (QED) is 0.767. The predicted molar refractivity (Wildman–Crippen MR) is 75.7 cm³/mol. The average Bonchev–Trinajstić information content (AvgIpc) is 2.41. The van der Waals surface area contributed by atoms with E-state index in [1.165, 1.54) is 5.56 Å². The summed E-state index contributed by atoms with van der Waals surface area (Å²) in [5, 5.41) is 0. The Kier molecular flexibility index (Phi) is 4.31. The second kappa shape index (κ2) is 6.16. The predicted octanol–water partition coefficient (Wildman–Crippen LogP) is 3.35. The Hall–Kier alpha value is -2.13. The summed E-state index contributed by atoms with van der Waals surface area (Å²) in [6.45, 7) is 0.904. The van der Waals surface area contributed by atoms with Crippen LogP contribution in [0.15, 0.2) is 48.5 Å². The lowest BCUT2D eigenvalue weighted by atomic mass is 10.2. The van der Waals surface area contributed by atoms with Crippen LogP contribution in [0.4, 0.5) is 0 Å². The van der Waals surface area contributed by atoms with Crippen molar-refractivity contribution >= 4 is 6.29 Å². The first-order chi connectivity index (χ1) is 9.17. The zero-order valence-electron chi connectivity index (χ0n) is 11.2. The van der Waals surface area contributed by atoms with Gasteiger partial charge in [0, 0.05) is 12.1 Å². The summed E-state index contributed by atoms with van der Waals surface area (Å²) in [6, 6.07) is 15.1. The summed E-state index contributed by atoms with van der Waals surface area (Å²) in [6.07, 6.45) is 0.813. The molecular formula is C16H17NO2. The number of rotatable bonds is 5. The molecule has 0 atom stereocenters. The molecule has 0 heterocycles. The molecule has 0 fully saturated rings. The van der Waals surface area contributed by atoms with Crippen molar-refractivity contribution in [2.45, 2.75) is 6.54 Å². The maximum Gasteiger partial charge on any atom is 0.150 e. The normalized spacial score (nSPS) is 10.5. The maximum absolute atomic E-state index is 10.7. The third-order valence-corrected chi connectivity index (χ3v) is 2.65. The van der Waals surface area contributed by atoms with Crippen molar-refractivity contribution in [3.05, 3.63) is 59.7 Å². The van der Waals surface area contributed by atoms with Crippen LogP contribution >= 0.6 is 0 Å². The fourth-order valence-electron chi connectivity index (χ4n) is 1.82. The van der Waals surface area contributed by atoms with Gasteiger partial charge < -0.3 is 9.64 Å². The van der Waals surface area contributed by atoms with Crippen LogP contribution in [0.5, 0.6) is 11.5 Å². The van der Waals surface area contributed by atoms with E-state index in [2.05, 4.69) is 4.90 Å². The van der Waals surface area contributed by atoms with E-state index >= 15 is 0 Å². The van der Waals surface area contributed by atoms with Crippen molar-refractivity contribution in [2.24, 2.45) is 0 Å². The molecule has 0 amide bonds. The molecule has 0 spiro atoms. The fraction of sp³-hybridized carbons (Fsp3) is 0.188. The fourth-order valence-corrected chi connectivity index (χ4v) is 1.82. The summed E-state index contributed by atoms with van der Waals surface area (Å²) >= 11 is 0. The molecule has 0 saturated heterocycles. The number of aldehydes is 1. The van der Waals surface area contributed by atoms with Crippen molar-refractivity contribution in [2.75, 3.05) is 14.1 Å². The summed E-state index contributed by atoms with van der Waals surface area (Å²) in [5.74, 6) is 1.44. The summed E-state index contributed by atoms with van der Waals surface area (Å²) in [4.78, 5) is 12.8. The topological polar surface area (TPSA) is 29.5 Å². The summed E-state index contributed by atoms with van der Waals surface area (Å²) in [7, 11) is 4.07. The molecule has 0 radical (unpaired) electrons. The summed E-state index contributed by atoms with van der Waals surface area (Å²) < 4.78 is 5.71. The van der Waals surface area contributed by atoms with E-state index in [-0.39, 0.29) is 0 Å². The molecule has 19 heavy (non-hydrogen) atoms. The number of hydrogen-bond donors (Lipinski definition) is 0. The van der Waals surface area contributed by atoms with E-state index < -0.39 is 0 Å². The van der Waals surface area contributed by atoms with Crippen LogP contribution in [0.25, 0.3) is 0 Å². The van der Waals surface area contributed by atoms with Gasteiger partial charge >= 0.3 is 0 Å². The first-order valence-corrected chi connectivity index (χ1v) is 6.14. The molecule has 98 valence electrons. The molecule has 0 aliphatic heterocycles. The van der Waals surface area contributed by atoms with Crippen molar-refractivity contribution in [1.82, 2.24) is 4.90 Å². The highest BCUT2D eigenvalue weighted by atomic mass is 16.5. The van der Waals surface area contributed by atoms with E-state index in [1.807, 2.05) is 44.4 Å². The number of benzene rings is 2.